The van der Waals surface area contributed by atoms with Crippen LogP contribution in [0, 0.1) is 5.82 Å². The number of thiophene rings is 1. The third-order valence-corrected chi connectivity index (χ3v) is 7.92. The molecule has 0 bridgehead atoms. The number of nitrogens with zero attached hydrogens (tertiary/aromatic N) is 2. The lowest BCUT2D eigenvalue weighted by Crippen LogP contribution is -2.23. The number of hydrogen-bond donors (Lipinski definition) is 1. The summed E-state index contributed by atoms with van der Waals surface area (Å²) in [7, 11) is -3.55. The molecule has 0 saturated heterocycles. The molecule has 29 heavy (non-hydrogen) atoms. The van der Waals surface area contributed by atoms with Gasteiger partial charge in [0.1, 0.15) is 10.6 Å². The maximum absolute atomic E-state index is 14.6. The minimum absolute atomic E-state index is 0.150. The Balaban J connectivity index is 1.83. The lowest BCUT2D eigenvalue weighted by molar-refractivity contribution is 0.596. The van der Waals surface area contributed by atoms with E-state index in [1.54, 1.807) is 18.2 Å². The molecule has 6 nitrogen and oxygen atoms in total. The third kappa shape index (κ3) is 4.25. The lowest BCUT2D eigenvalue weighted by Gasteiger charge is -2.14. The molecule has 2 aromatic heterocycles. The Kier molecular flexibility index (Phi) is 5.78. The molecule has 0 atom stereocenters. The van der Waals surface area contributed by atoms with Gasteiger partial charge in [0, 0.05) is 10.6 Å². The highest BCUT2D eigenvalue weighted by Crippen LogP contribution is 2.35. The van der Waals surface area contributed by atoms with Crippen molar-refractivity contribution < 1.29 is 12.8 Å². The highest BCUT2D eigenvalue weighted by molar-refractivity contribution is 7.99. The van der Waals surface area contributed by atoms with Crippen LogP contribution in [0.3, 0.4) is 0 Å². The first-order chi connectivity index (χ1) is 13.8. The van der Waals surface area contributed by atoms with Crippen LogP contribution in [0.5, 0.6) is 0 Å². The molecule has 0 fully saturated rings. The van der Waals surface area contributed by atoms with Crippen molar-refractivity contribution in [3.8, 4) is 5.69 Å². The quantitative estimate of drug-likeness (QED) is 0.351. The molecule has 0 radical (unpaired) electrons. The number of aryl methyl sites for hydroxylation is 2. The molecule has 0 aliphatic heterocycles. The molecule has 0 amide bonds. The maximum atomic E-state index is 14.6. The Hall–Kier alpha value is -1.75. The molecular weight excluding hydrogens is 433 g/mol. The van der Waals surface area contributed by atoms with Crippen LogP contribution in [0.2, 0.25) is 0 Å². The number of hydrogen-bond acceptors (Lipinski definition) is 6. The molecule has 3 aromatic rings. The maximum Gasteiger partial charge on any atom is 0.267 e. The van der Waals surface area contributed by atoms with E-state index in [1.165, 1.54) is 38.6 Å². The van der Waals surface area contributed by atoms with Gasteiger partial charge < -0.3 is 0 Å². The molecule has 0 unspecified atom stereocenters. The molecule has 0 spiro atoms. The minimum Gasteiger partial charge on any atom is -0.268 e. The van der Waals surface area contributed by atoms with Crippen LogP contribution in [0.15, 0.2) is 34.2 Å². The van der Waals surface area contributed by atoms with Crippen LogP contribution >= 0.6 is 23.1 Å². The van der Waals surface area contributed by atoms with Crippen molar-refractivity contribution in [1.82, 2.24) is 9.55 Å². The van der Waals surface area contributed by atoms with Crippen molar-refractivity contribution in [2.75, 3.05) is 11.5 Å². The van der Waals surface area contributed by atoms with E-state index in [4.69, 9.17) is 5.14 Å². The van der Waals surface area contributed by atoms with E-state index < -0.39 is 15.8 Å². The van der Waals surface area contributed by atoms with Crippen LogP contribution in [0.4, 0.5) is 4.39 Å². The van der Waals surface area contributed by atoms with Crippen molar-refractivity contribution in [3.05, 3.63) is 50.9 Å². The smallest absolute Gasteiger partial charge is 0.267 e. The standard InChI is InChI=1S/C19H20FN3O3S3/c20-13-7-2-3-8-14(13)23-18(24)16-12-6-1-4-9-15(12)28-17(16)22-19(23)27-10-5-11-29(21,25)26/h2-3,7-8H,1,4-6,9-11H2,(H2,21,25,26). The fraction of sp³-hybridized carbons (Fsp3) is 0.368. The number of sulfonamides is 1. The molecule has 10 heteroatoms. The number of thioether (sulfide) groups is 1. The zero-order valence-corrected chi connectivity index (χ0v) is 18.0. The van der Waals surface area contributed by atoms with Crippen LogP contribution in [-0.4, -0.2) is 29.5 Å². The first kappa shape index (κ1) is 20.5. The highest BCUT2D eigenvalue weighted by atomic mass is 32.2. The first-order valence-electron chi connectivity index (χ1n) is 9.30. The third-order valence-electron chi connectivity index (χ3n) is 4.86. The molecule has 1 aliphatic carbocycles. The summed E-state index contributed by atoms with van der Waals surface area (Å²) in [6, 6.07) is 6.11. The summed E-state index contributed by atoms with van der Waals surface area (Å²) >= 11 is 2.77. The summed E-state index contributed by atoms with van der Waals surface area (Å²) in [5.41, 5.74) is 0.926. The van der Waals surface area contributed by atoms with Crippen LogP contribution < -0.4 is 10.7 Å². The van der Waals surface area contributed by atoms with Crippen molar-refractivity contribution in [2.45, 2.75) is 37.3 Å². The average molecular weight is 454 g/mol. The topological polar surface area (TPSA) is 95.1 Å². The molecule has 1 aliphatic rings. The highest BCUT2D eigenvalue weighted by Gasteiger charge is 2.23. The van der Waals surface area contributed by atoms with E-state index in [0.717, 1.165) is 31.2 Å². The van der Waals surface area contributed by atoms with Crippen LogP contribution in [-0.2, 0) is 22.9 Å². The van der Waals surface area contributed by atoms with Gasteiger partial charge >= 0.3 is 0 Å². The second-order valence-electron chi connectivity index (χ2n) is 6.95. The van der Waals surface area contributed by atoms with Crippen molar-refractivity contribution in [2.24, 2.45) is 5.14 Å². The number of benzene rings is 1. The Morgan fingerprint density at radius 2 is 2.00 bits per heavy atom. The Bertz CT molecular complexity index is 1230. The van der Waals surface area contributed by atoms with Gasteiger partial charge in [-0.1, -0.05) is 23.9 Å². The largest absolute Gasteiger partial charge is 0.268 e. The summed E-state index contributed by atoms with van der Waals surface area (Å²) < 4.78 is 38.2. The van der Waals surface area contributed by atoms with E-state index in [0.29, 0.717) is 27.5 Å². The monoisotopic (exact) mass is 453 g/mol. The number of nitrogens with two attached hydrogens (primary N) is 1. The fourth-order valence-corrected chi connectivity index (χ4v) is 6.53. The summed E-state index contributed by atoms with van der Waals surface area (Å²) in [5.74, 6) is -0.265. The van der Waals surface area contributed by atoms with Crippen LogP contribution in [0.25, 0.3) is 15.9 Å². The lowest BCUT2D eigenvalue weighted by atomic mass is 9.97. The normalized spacial score (nSPS) is 14.3. The van der Waals surface area contributed by atoms with Crippen molar-refractivity contribution in [3.63, 3.8) is 0 Å². The van der Waals surface area contributed by atoms with E-state index in [2.05, 4.69) is 4.98 Å². The van der Waals surface area contributed by atoms with Gasteiger partial charge in [0.05, 0.1) is 16.8 Å². The Morgan fingerprint density at radius 1 is 1.24 bits per heavy atom. The van der Waals surface area contributed by atoms with E-state index >= 15 is 0 Å². The summed E-state index contributed by atoms with van der Waals surface area (Å²) in [6.07, 6.45) is 4.21. The molecule has 1 aromatic carbocycles. The zero-order valence-electron chi connectivity index (χ0n) is 15.6. The molecule has 154 valence electrons. The van der Waals surface area contributed by atoms with Gasteiger partial charge in [0.15, 0.2) is 5.16 Å². The van der Waals surface area contributed by atoms with Gasteiger partial charge in [-0.3, -0.25) is 9.36 Å². The summed E-state index contributed by atoms with van der Waals surface area (Å²) in [4.78, 5) is 20.0. The van der Waals surface area contributed by atoms with Gasteiger partial charge in [-0.2, -0.15) is 0 Å². The fourth-order valence-electron chi connectivity index (χ4n) is 3.55. The predicted molar refractivity (Wildman–Crippen MR) is 115 cm³/mol. The number of aromatic nitrogens is 2. The van der Waals surface area contributed by atoms with Gasteiger partial charge in [-0.05, 0) is 49.8 Å². The van der Waals surface area contributed by atoms with Gasteiger partial charge in [0.2, 0.25) is 10.0 Å². The zero-order chi connectivity index (χ0) is 20.6. The molecule has 0 saturated carbocycles. The van der Waals surface area contributed by atoms with Crippen molar-refractivity contribution in [1.29, 1.82) is 0 Å². The number of halogens is 1. The molecule has 4 rings (SSSR count). The van der Waals surface area contributed by atoms with E-state index in [1.807, 2.05) is 0 Å². The number of primary sulfonamides is 1. The molecular formula is C19H20FN3O3S3. The van der Waals surface area contributed by atoms with Gasteiger partial charge in [-0.15, -0.1) is 11.3 Å². The van der Waals surface area contributed by atoms with E-state index in [-0.39, 0.29) is 17.0 Å². The van der Waals surface area contributed by atoms with Crippen molar-refractivity contribution >= 4 is 43.3 Å². The summed E-state index contributed by atoms with van der Waals surface area (Å²) in [6.45, 7) is 0. The molecule has 2 N–H and O–H groups in total. The SMILES string of the molecule is NS(=O)(=O)CCCSc1nc2sc3c(c2c(=O)n1-c1ccccc1F)CCCC3. The second kappa shape index (κ2) is 8.17. The van der Waals surface area contributed by atoms with Crippen LogP contribution in [0.1, 0.15) is 29.7 Å². The minimum atomic E-state index is -3.55. The number of rotatable bonds is 6. The second-order valence-corrected chi connectivity index (χ2v) is 10.8. The van der Waals surface area contributed by atoms with Gasteiger partial charge in [-0.25, -0.2) is 22.9 Å². The average Bonchev–Trinajstić information content (AvgIpc) is 3.04. The molecule has 2 heterocycles. The number of fused-ring (bicyclic) bond motifs is 3. The van der Waals surface area contributed by atoms with Gasteiger partial charge in [0.25, 0.3) is 5.56 Å². The Morgan fingerprint density at radius 3 is 2.76 bits per heavy atom. The number of para-hydroxylation sites is 1. The van der Waals surface area contributed by atoms with E-state index in [9.17, 15) is 17.6 Å². The predicted octanol–water partition coefficient (Wildman–Crippen LogP) is 3.24. The first-order valence-corrected chi connectivity index (χ1v) is 12.8. The Labute approximate surface area is 176 Å². The summed E-state index contributed by atoms with van der Waals surface area (Å²) in [5, 5.41) is 6.00.